The van der Waals surface area contributed by atoms with Crippen molar-refractivity contribution in [1.29, 1.82) is 0 Å². The number of hydrogen-bond acceptors (Lipinski definition) is 6. The summed E-state index contributed by atoms with van der Waals surface area (Å²) < 4.78 is 35.1. The van der Waals surface area contributed by atoms with Gasteiger partial charge in [0.05, 0.1) is 17.1 Å². The zero-order valence-electron chi connectivity index (χ0n) is 14.8. The van der Waals surface area contributed by atoms with Crippen molar-refractivity contribution in [3.63, 3.8) is 0 Å². The second kappa shape index (κ2) is 7.09. The lowest BCUT2D eigenvalue weighted by atomic mass is 10.2. The Hall–Kier alpha value is -2.78. The molecule has 1 aromatic carbocycles. The average Bonchev–Trinajstić information content (AvgIpc) is 3.16. The van der Waals surface area contributed by atoms with Crippen LogP contribution in [0.3, 0.4) is 0 Å². The smallest absolute Gasteiger partial charge is 0.316 e. The van der Waals surface area contributed by atoms with Crippen molar-refractivity contribution in [3.05, 3.63) is 66.2 Å². The average molecular weight is 385 g/mol. The molecular weight excluding hydrogens is 366 g/mol. The Morgan fingerprint density at radius 2 is 1.85 bits per heavy atom. The van der Waals surface area contributed by atoms with Crippen LogP contribution in [0, 0.1) is 6.92 Å². The SMILES string of the molecule is Cc1ccc(S(=O)(=O)N2Cc3ccnn3[C@H](COc3ncccn3)C2)cc1. The van der Waals surface area contributed by atoms with Crippen molar-refractivity contribution in [1.82, 2.24) is 24.1 Å². The van der Waals surface area contributed by atoms with Gasteiger partial charge in [-0.2, -0.15) is 9.40 Å². The molecule has 0 bridgehead atoms. The van der Waals surface area contributed by atoms with Gasteiger partial charge in [0, 0.05) is 25.1 Å². The molecule has 3 aromatic rings. The molecule has 0 radical (unpaired) electrons. The van der Waals surface area contributed by atoms with Crippen LogP contribution < -0.4 is 4.74 Å². The Balaban J connectivity index is 1.58. The van der Waals surface area contributed by atoms with Crippen molar-refractivity contribution in [3.8, 4) is 6.01 Å². The fourth-order valence-electron chi connectivity index (χ4n) is 3.05. The van der Waals surface area contributed by atoms with E-state index in [1.165, 1.54) is 4.31 Å². The molecule has 27 heavy (non-hydrogen) atoms. The summed E-state index contributed by atoms with van der Waals surface area (Å²) in [7, 11) is -3.61. The first-order chi connectivity index (χ1) is 13.0. The molecule has 1 aliphatic heterocycles. The standard InChI is InChI=1S/C18H19N5O3S/c1-14-3-5-17(6-4-14)27(24,25)22-11-15-7-10-21-23(15)16(12-22)13-26-18-19-8-2-9-20-18/h2-10,16H,11-13H2,1H3/t16-/m0/s1. The second-order valence-corrected chi connectivity index (χ2v) is 8.31. The Kier molecular flexibility index (Phi) is 4.63. The third-order valence-electron chi connectivity index (χ3n) is 4.46. The second-order valence-electron chi connectivity index (χ2n) is 6.37. The predicted molar refractivity (Wildman–Crippen MR) is 97.6 cm³/mol. The molecule has 1 atom stereocenters. The maximum absolute atomic E-state index is 13.1. The first-order valence-corrected chi connectivity index (χ1v) is 9.97. The van der Waals surface area contributed by atoms with Gasteiger partial charge in [-0.1, -0.05) is 17.7 Å². The molecule has 3 heterocycles. The van der Waals surface area contributed by atoms with Gasteiger partial charge in [0.2, 0.25) is 10.0 Å². The molecule has 0 N–H and O–H groups in total. The van der Waals surface area contributed by atoms with E-state index in [-0.39, 0.29) is 36.6 Å². The molecule has 4 rings (SSSR count). The van der Waals surface area contributed by atoms with Gasteiger partial charge in [0.15, 0.2) is 0 Å². The van der Waals surface area contributed by atoms with Crippen molar-refractivity contribution < 1.29 is 13.2 Å². The Bertz CT molecular complexity index is 1020. The summed E-state index contributed by atoms with van der Waals surface area (Å²) in [5.41, 5.74) is 1.83. The largest absolute Gasteiger partial charge is 0.461 e. The van der Waals surface area contributed by atoms with Gasteiger partial charge in [-0.05, 0) is 31.2 Å². The number of ether oxygens (including phenoxy) is 1. The minimum Gasteiger partial charge on any atom is -0.461 e. The molecule has 140 valence electrons. The lowest BCUT2D eigenvalue weighted by Crippen LogP contribution is -2.43. The maximum Gasteiger partial charge on any atom is 0.316 e. The molecule has 2 aromatic heterocycles. The number of aryl methyl sites for hydroxylation is 1. The maximum atomic E-state index is 13.1. The van der Waals surface area contributed by atoms with E-state index in [4.69, 9.17) is 4.74 Å². The van der Waals surface area contributed by atoms with Gasteiger partial charge in [-0.25, -0.2) is 18.4 Å². The summed E-state index contributed by atoms with van der Waals surface area (Å²) in [6, 6.07) is 10.4. The van der Waals surface area contributed by atoms with Crippen LogP contribution in [0.4, 0.5) is 0 Å². The van der Waals surface area contributed by atoms with Crippen LogP contribution in [0.2, 0.25) is 0 Å². The Morgan fingerprint density at radius 1 is 1.11 bits per heavy atom. The van der Waals surface area contributed by atoms with E-state index in [0.717, 1.165) is 11.3 Å². The summed E-state index contributed by atoms with van der Waals surface area (Å²) >= 11 is 0. The number of fused-ring (bicyclic) bond motifs is 1. The van der Waals surface area contributed by atoms with Gasteiger partial charge in [0.25, 0.3) is 0 Å². The minimum absolute atomic E-state index is 0.221. The van der Waals surface area contributed by atoms with Gasteiger partial charge in [-0.3, -0.25) is 4.68 Å². The molecule has 0 aliphatic carbocycles. The highest BCUT2D eigenvalue weighted by molar-refractivity contribution is 7.89. The van der Waals surface area contributed by atoms with E-state index in [1.54, 1.807) is 48.9 Å². The molecule has 9 heteroatoms. The zero-order chi connectivity index (χ0) is 18.9. The normalized spacial score (nSPS) is 17.4. The number of rotatable bonds is 5. The molecule has 0 saturated heterocycles. The quantitative estimate of drug-likeness (QED) is 0.665. The number of hydrogen-bond donors (Lipinski definition) is 0. The van der Waals surface area contributed by atoms with E-state index in [0.29, 0.717) is 0 Å². The number of aromatic nitrogens is 4. The lowest BCUT2D eigenvalue weighted by molar-refractivity contribution is 0.174. The molecule has 1 aliphatic rings. The van der Waals surface area contributed by atoms with Crippen molar-refractivity contribution in [2.24, 2.45) is 0 Å². The van der Waals surface area contributed by atoms with Crippen LogP contribution >= 0.6 is 0 Å². The zero-order valence-corrected chi connectivity index (χ0v) is 15.6. The number of benzene rings is 1. The molecule has 0 amide bonds. The van der Waals surface area contributed by atoms with E-state index >= 15 is 0 Å². The van der Waals surface area contributed by atoms with Crippen LogP contribution in [0.25, 0.3) is 0 Å². The van der Waals surface area contributed by atoms with Crippen LogP contribution in [-0.4, -0.2) is 45.6 Å². The van der Waals surface area contributed by atoms with Crippen molar-refractivity contribution in [2.45, 2.75) is 24.4 Å². The van der Waals surface area contributed by atoms with Gasteiger partial charge in [0.1, 0.15) is 12.6 Å². The number of sulfonamides is 1. The van der Waals surface area contributed by atoms with Crippen LogP contribution in [-0.2, 0) is 16.6 Å². The van der Waals surface area contributed by atoms with Crippen LogP contribution in [0.1, 0.15) is 17.3 Å². The predicted octanol–water partition coefficient (Wildman–Crippen LogP) is 1.81. The molecule has 0 fully saturated rings. The van der Waals surface area contributed by atoms with Gasteiger partial charge in [-0.15, -0.1) is 0 Å². The third-order valence-corrected chi connectivity index (χ3v) is 6.28. The molecule has 0 spiro atoms. The topological polar surface area (TPSA) is 90.2 Å². The van der Waals surface area contributed by atoms with Crippen LogP contribution in [0.5, 0.6) is 6.01 Å². The summed E-state index contributed by atoms with van der Waals surface area (Å²) in [6.45, 7) is 2.68. The first kappa shape index (κ1) is 17.6. The highest BCUT2D eigenvalue weighted by Gasteiger charge is 2.34. The Labute approximate surface area is 157 Å². The highest BCUT2D eigenvalue weighted by Crippen LogP contribution is 2.26. The van der Waals surface area contributed by atoms with E-state index < -0.39 is 10.0 Å². The van der Waals surface area contributed by atoms with Crippen molar-refractivity contribution in [2.75, 3.05) is 13.2 Å². The van der Waals surface area contributed by atoms with Gasteiger partial charge >= 0.3 is 6.01 Å². The first-order valence-electron chi connectivity index (χ1n) is 8.53. The van der Waals surface area contributed by atoms with Gasteiger partial charge < -0.3 is 4.74 Å². The summed E-state index contributed by atoms with van der Waals surface area (Å²) in [5.74, 6) is 0. The highest BCUT2D eigenvalue weighted by atomic mass is 32.2. The fourth-order valence-corrected chi connectivity index (χ4v) is 4.50. The van der Waals surface area contributed by atoms with Crippen LogP contribution in [0.15, 0.2) is 59.9 Å². The summed E-state index contributed by atoms with van der Waals surface area (Å²) in [5, 5.41) is 4.33. The van der Waals surface area contributed by atoms with E-state index in [2.05, 4.69) is 15.1 Å². The molecular formula is C18H19N5O3S. The van der Waals surface area contributed by atoms with E-state index in [1.807, 2.05) is 17.7 Å². The van der Waals surface area contributed by atoms with E-state index in [9.17, 15) is 8.42 Å². The minimum atomic E-state index is -3.61. The summed E-state index contributed by atoms with van der Waals surface area (Å²) in [4.78, 5) is 8.36. The molecule has 8 nitrogen and oxygen atoms in total. The monoisotopic (exact) mass is 385 g/mol. The molecule has 0 saturated carbocycles. The van der Waals surface area contributed by atoms with Crippen molar-refractivity contribution >= 4 is 10.0 Å². The molecule has 0 unspecified atom stereocenters. The number of nitrogens with zero attached hydrogens (tertiary/aromatic N) is 5. The fraction of sp³-hybridized carbons (Fsp3) is 0.278. The lowest BCUT2D eigenvalue weighted by Gasteiger charge is -2.32. The Morgan fingerprint density at radius 3 is 2.59 bits per heavy atom. The third kappa shape index (κ3) is 3.56. The summed E-state index contributed by atoms with van der Waals surface area (Å²) in [6.07, 6.45) is 4.86.